The van der Waals surface area contributed by atoms with Gasteiger partial charge < -0.3 is 9.64 Å². The average molecular weight is 408 g/mol. The number of hydrazine groups is 1. The second-order valence-electron chi connectivity index (χ2n) is 7.60. The number of nitrogens with one attached hydrogen (secondary N) is 1. The van der Waals surface area contributed by atoms with Crippen LogP contribution in [0.15, 0.2) is 120 Å². The number of hydrogen-bond acceptors (Lipinski definition) is 4. The first-order valence-electron chi connectivity index (χ1n) is 10.6. The number of hydrogen-bond donors (Lipinski definition) is 1. The molecule has 0 amide bonds. The van der Waals surface area contributed by atoms with Crippen molar-refractivity contribution < 1.29 is 4.74 Å². The van der Waals surface area contributed by atoms with Crippen LogP contribution in [0.1, 0.15) is 13.3 Å². The lowest BCUT2D eigenvalue weighted by Gasteiger charge is -2.41. The van der Waals surface area contributed by atoms with E-state index in [2.05, 4.69) is 71.3 Å². The Labute approximate surface area is 183 Å². The number of nitrogens with zero attached hydrogens (tertiary/aromatic N) is 2. The topological polar surface area (TPSA) is 27.7 Å². The third-order valence-corrected chi connectivity index (χ3v) is 5.48. The number of benzene rings is 3. The molecular weight excluding hydrogens is 382 g/mol. The van der Waals surface area contributed by atoms with Gasteiger partial charge in [0, 0.05) is 13.0 Å². The van der Waals surface area contributed by atoms with Crippen LogP contribution in [0, 0.1) is 0 Å². The van der Waals surface area contributed by atoms with Crippen LogP contribution in [0.5, 0.6) is 5.75 Å². The van der Waals surface area contributed by atoms with E-state index in [9.17, 15) is 0 Å². The zero-order valence-corrected chi connectivity index (χ0v) is 17.6. The fraction of sp³-hybridized carbons (Fsp3) is 0.111. The number of anilines is 3. The summed E-state index contributed by atoms with van der Waals surface area (Å²) in [5.41, 5.74) is 9.81. The van der Waals surface area contributed by atoms with E-state index in [4.69, 9.17) is 4.74 Å². The number of fused-ring (bicyclic) bond motifs is 1. The Bertz CT molecular complexity index is 1170. The molecule has 4 heteroatoms. The summed E-state index contributed by atoms with van der Waals surface area (Å²) in [6, 6.07) is 28.7. The van der Waals surface area contributed by atoms with E-state index in [1.165, 1.54) is 0 Å². The van der Waals surface area contributed by atoms with E-state index in [1.54, 1.807) is 0 Å². The third kappa shape index (κ3) is 3.57. The van der Waals surface area contributed by atoms with Crippen molar-refractivity contribution in [2.75, 3.05) is 21.9 Å². The fourth-order valence-corrected chi connectivity index (χ4v) is 4.12. The fourth-order valence-electron chi connectivity index (χ4n) is 4.12. The summed E-state index contributed by atoms with van der Waals surface area (Å²) in [7, 11) is 0. The van der Waals surface area contributed by atoms with E-state index < -0.39 is 0 Å². The first-order chi connectivity index (χ1) is 15.2. The van der Waals surface area contributed by atoms with Gasteiger partial charge >= 0.3 is 0 Å². The summed E-state index contributed by atoms with van der Waals surface area (Å²) in [6.45, 7) is 7.28. The van der Waals surface area contributed by atoms with Crippen molar-refractivity contribution in [2.24, 2.45) is 0 Å². The maximum atomic E-state index is 6.39. The molecule has 1 N–H and O–H groups in total. The lowest BCUT2D eigenvalue weighted by molar-refractivity contribution is 0.393. The second-order valence-corrected chi connectivity index (χ2v) is 7.60. The molecule has 3 aromatic rings. The third-order valence-electron chi connectivity index (χ3n) is 5.48. The first-order valence-corrected chi connectivity index (χ1v) is 10.6. The van der Waals surface area contributed by atoms with Gasteiger partial charge in [0.05, 0.1) is 22.8 Å². The Morgan fingerprint density at radius 1 is 0.935 bits per heavy atom. The summed E-state index contributed by atoms with van der Waals surface area (Å²) in [5, 5.41) is 2.12. The van der Waals surface area contributed by atoms with Crippen LogP contribution in [0.3, 0.4) is 0 Å². The molecule has 154 valence electrons. The number of para-hydroxylation sites is 4. The highest BCUT2D eigenvalue weighted by molar-refractivity contribution is 5.74. The molecule has 31 heavy (non-hydrogen) atoms. The molecule has 5 rings (SSSR count). The van der Waals surface area contributed by atoms with Crippen LogP contribution in [0.25, 0.3) is 0 Å². The number of ether oxygens (including phenoxy) is 1. The van der Waals surface area contributed by atoms with Crippen molar-refractivity contribution in [3.05, 3.63) is 120 Å². The normalized spacial score (nSPS) is 14.9. The smallest absolute Gasteiger partial charge is 0.150 e. The maximum absolute atomic E-state index is 6.39. The molecule has 0 saturated carbocycles. The second kappa shape index (κ2) is 8.07. The van der Waals surface area contributed by atoms with Crippen LogP contribution < -0.4 is 20.1 Å². The maximum Gasteiger partial charge on any atom is 0.150 e. The van der Waals surface area contributed by atoms with Gasteiger partial charge in [-0.1, -0.05) is 55.1 Å². The van der Waals surface area contributed by atoms with Crippen molar-refractivity contribution in [3.63, 3.8) is 0 Å². The van der Waals surface area contributed by atoms with E-state index in [1.807, 2.05) is 48.5 Å². The van der Waals surface area contributed by atoms with Crippen LogP contribution >= 0.6 is 0 Å². The highest BCUT2D eigenvalue weighted by Crippen LogP contribution is 2.44. The molecule has 0 spiro atoms. The average Bonchev–Trinajstić information content (AvgIpc) is 2.82. The lowest BCUT2D eigenvalue weighted by atomic mass is 9.99. The molecule has 0 saturated heterocycles. The Morgan fingerprint density at radius 3 is 2.35 bits per heavy atom. The highest BCUT2D eigenvalue weighted by atomic mass is 16.5. The summed E-state index contributed by atoms with van der Waals surface area (Å²) < 4.78 is 6.39. The number of likely N-dealkylation sites (N-methyl/N-ethyl adjacent to an activating group) is 1. The Balaban J connectivity index is 1.64. The molecule has 0 atom stereocenters. The van der Waals surface area contributed by atoms with Gasteiger partial charge in [0.2, 0.25) is 0 Å². The van der Waals surface area contributed by atoms with Crippen molar-refractivity contribution in [2.45, 2.75) is 13.3 Å². The van der Waals surface area contributed by atoms with Gasteiger partial charge in [-0.15, -0.1) is 0 Å². The van der Waals surface area contributed by atoms with Crippen LogP contribution in [0.2, 0.25) is 0 Å². The zero-order valence-electron chi connectivity index (χ0n) is 17.6. The monoisotopic (exact) mass is 407 g/mol. The van der Waals surface area contributed by atoms with Crippen LogP contribution in [-0.4, -0.2) is 6.54 Å². The minimum Gasteiger partial charge on any atom is -0.457 e. The quantitative estimate of drug-likeness (QED) is 0.489. The molecule has 2 aliphatic rings. The Morgan fingerprint density at radius 2 is 1.61 bits per heavy atom. The van der Waals surface area contributed by atoms with Crippen molar-refractivity contribution >= 4 is 17.1 Å². The number of rotatable bonds is 5. The van der Waals surface area contributed by atoms with Gasteiger partial charge in [-0.25, -0.2) is 0 Å². The zero-order chi connectivity index (χ0) is 21.2. The molecule has 1 aliphatic heterocycles. The molecule has 0 fully saturated rings. The molecule has 1 aliphatic carbocycles. The van der Waals surface area contributed by atoms with Gasteiger partial charge in [0.15, 0.2) is 5.75 Å². The molecular formula is C27H25N3O. The molecule has 1 heterocycles. The van der Waals surface area contributed by atoms with Crippen LogP contribution in [-0.2, 0) is 0 Å². The van der Waals surface area contributed by atoms with E-state index in [0.717, 1.165) is 52.1 Å². The van der Waals surface area contributed by atoms with Crippen molar-refractivity contribution in [1.29, 1.82) is 0 Å². The molecule has 4 nitrogen and oxygen atoms in total. The first kappa shape index (κ1) is 19.1. The molecule has 0 unspecified atom stereocenters. The van der Waals surface area contributed by atoms with Crippen molar-refractivity contribution in [3.8, 4) is 5.75 Å². The Kier molecular flexibility index (Phi) is 4.97. The van der Waals surface area contributed by atoms with E-state index in [-0.39, 0.29) is 0 Å². The predicted octanol–water partition coefficient (Wildman–Crippen LogP) is 6.49. The van der Waals surface area contributed by atoms with E-state index in [0.29, 0.717) is 6.42 Å². The summed E-state index contributed by atoms with van der Waals surface area (Å²) in [6.07, 6.45) is 2.85. The minimum absolute atomic E-state index is 0.692. The van der Waals surface area contributed by atoms with Gasteiger partial charge in [0.25, 0.3) is 0 Å². The molecule has 0 aromatic heterocycles. The van der Waals surface area contributed by atoms with Gasteiger partial charge in [-0.3, -0.25) is 10.4 Å². The van der Waals surface area contributed by atoms with Gasteiger partial charge in [-0.05, 0) is 55.0 Å². The van der Waals surface area contributed by atoms with Crippen LogP contribution in [0.4, 0.5) is 17.1 Å². The van der Waals surface area contributed by atoms with Gasteiger partial charge in [0.1, 0.15) is 11.5 Å². The highest BCUT2D eigenvalue weighted by Gasteiger charge is 2.34. The minimum atomic E-state index is 0.692. The molecule has 0 radical (unpaired) electrons. The Hall–Kier alpha value is -3.92. The van der Waals surface area contributed by atoms with Gasteiger partial charge in [-0.2, -0.15) is 0 Å². The summed E-state index contributed by atoms with van der Waals surface area (Å²) in [4.78, 5) is 2.33. The van der Waals surface area contributed by atoms with E-state index >= 15 is 0 Å². The molecule has 0 bridgehead atoms. The summed E-state index contributed by atoms with van der Waals surface area (Å²) in [5.74, 6) is 1.82. The lowest BCUT2D eigenvalue weighted by Crippen LogP contribution is -2.39. The SMILES string of the molecule is C=C1C=C(N(Nc2ccccc2)c2ccccc2)C2=C(C1)Oc1ccccc1N2CC. The number of allylic oxidation sites excluding steroid dienone is 2. The predicted molar refractivity (Wildman–Crippen MR) is 128 cm³/mol. The standard InChI is InChI=1S/C27H25N3O/c1-3-29-23-16-10-11-17-25(23)31-26-19-20(2)18-24(27(26)29)30(22-14-8-5-9-15-22)28-21-12-6-4-7-13-21/h4-18,28H,2-3,19H2,1H3. The molecule has 3 aromatic carbocycles. The van der Waals surface area contributed by atoms with Crippen molar-refractivity contribution in [1.82, 2.24) is 0 Å². The largest absolute Gasteiger partial charge is 0.457 e. The summed E-state index contributed by atoms with van der Waals surface area (Å²) >= 11 is 0.